The average molecular weight is 286 g/mol. The van der Waals surface area contributed by atoms with E-state index in [9.17, 15) is 0 Å². The summed E-state index contributed by atoms with van der Waals surface area (Å²) in [5.74, 6) is 0.917. The van der Waals surface area contributed by atoms with Crippen molar-refractivity contribution in [1.82, 2.24) is 9.55 Å². The Morgan fingerprint density at radius 1 is 1.25 bits per heavy atom. The third-order valence-corrected chi connectivity index (χ3v) is 3.84. The second-order valence-corrected chi connectivity index (χ2v) is 5.27. The van der Waals surface area contributed by atoms with Crippen molar-refractivity contribution in [2.24, 2.45) is 0 Å². The lowest BCUT2D eigenvalue weighted by molar-refractivity contribution is 0.796. The first-order valence-corrected chi connectivity index (χ1v) is 7.01. The average Bonchev–Trinajstić information content (AvgIpc) is 2.81. The monoisotopic (exact) mass is 285 g/mol. The van der Waals surface area contributed by atoms with Gasteiger partial charge in [-0.1, -0.05) is 23.7 Å². The van der Waals surface area contributed by atoms with Gasteiger partial charge in [0.15, 0.2) is 0 Å². The minimum absolute atomic E-state index is 0.727. The summed E-state index contributed by atoms with van der Waals surface area (Å²) in [5, 5.41) is 0.727. The first-order valence-electron chi connectivity index (χ1n) is 6.63. The minimum atomic E-state index is 0.727. The molecule has 0 saturated heterocycles. The number of para-hydroxylation sites is 1. The van der Waals surface area contributed by atoms with Crippen molar-refractivity contribution in [2.45, 2.75) is 20.4 Å². The first-order chi connectivity index (χ1) is 9.61. The molecule has 0 fully saturated rings. The summed E-state index contributed by atoms with van der Waals surface area (Å²) < 4.78 is 2.14. The summed E-state index contributed by atoms with van der Waals surface area (Å²) in [6.07, 6.45) is 0. The molecule has 1 heterocycles. The lowest BCUT2D eigenvalue weighted by atomic mass is 10.1. The molecule has 20 heavy (non-hydrogen) atoms. The van der Waals surface area contributed by atoms with Crippen LogP contribution in [0.2, 0.25) is 5.02 Å². The Morgan fingerprint density at radius 3 is 2.80 bits per heavy atom. The Labute approximate surface area is 123 Å². The Kier molecular flexibility index (Phi) is 3.14. The predicted octanol–water partition coefficient (Wildman–Crippen LogP) is 4.27. The van der Waals surface area contributed by atoms with Crippen LogP contribution in [0.1, 0.15) is 12.5 Å². The zero-order valence-corrected chi connectivity index (χ0v) is 12.3. The zero-order chi connectivity index (χ0) is 14.3. The molecule has 0 aliphatic heterocycles. The second-order valence-electron chi connectivity index (χ2n) is 4.86. The van der Waals surface area contributed by atoms with Gasteiger partial charge in [-0.2, -0.15) is 0 Å². The van der Waals surface area contributed by atoms with Crippen LogP contribution in [0.3, 0.4) is 0 Å². The number of nitrogens with two attached hydrogens (primary N) is 1. The Hall–Kier alpha value is -2.00. The maximum Gasteiger partial charge on any atom is 0.141 e. The molecule has 102 valence electrons. The van der Waals surface area contributed by atoms with Crippen LogP contribution in [0.4, 0.5) is 5.69 Å². The van der Waals surface area contributed by atoms with Gasteiger partial charge in [-0.15, -0.1) is 0 Å². The number of imidazole rings is 1. The molecular formula is C16H16ClN3. The van der Waals surface area contributed by atoms with Gasteiger partial charge in [0.05, 0.1) is 16.1 Å². The molecule has 0 unspecified atom stereocenters. The SMILES string of the molecule is CCn1c(-c2cc(N)ccc2C)nc2cccc(Cl)c21. The molecule has 3 aromatic rings. The maximum absolute atomic E-state index is 6.33. The lowest BCUT2D eigenvalue weighted by Gasteiger charge is -2.10. The first kappa shape index (κ1) is 13.0. The summed E-state index contributed by atoms with van der Waals surface area (Å²) >= 11 is 6.33. The van der Waals surface area contributed by atoms with Crippen molar-refractivity contribution >= 4 is 28.3 Å². The van der Waals surface area contributed by atoms with E-state index in [1.54, 1.807) is 0 Å². The Balaban J connectivity index is 2.36. The number of rotatable bonds is 2. The van der Waals surface area contributed by atoms with E-state index in [2.05, 4.69) is 18.4 Å². The zero-order valence-electron chi connectivity index (χ0n) is 11.5. The van der Waals surface area contributed by atoms with E-state index in [-0.39, 0.29) is 0 Å². The highest BCUT2D eigenvalue weighted by atomic mass is 35.5. The predicted molar refractivity (Wildman–Crippen MR) is 85.0 cm³/mol. The number of benzene rings is 2. The third-order valence-electron chi connectivity index (χ3n) is 3.54. The molecule has 0 spiro atoms. The molecule has 3 rings (SSSR count). The summed E-state index contributed by atoms with van der Waals surface area (Å²) in [7, 11) is 0. The number of nitrogens with zero attached hydrogens (tertiary/aromatic N) is 2. The molecule has 0 amide bonds. The number of aromatic nitrogens is 2. The molecule has 0 saturated carbocycles. The molecule has 0 aliphatic carbocycles. The van der Waals surface area contributed by atoms with Crippen molar-refractivity contribution < 1.29 is 0 Å². The largest absolute Gasteiger partial charge is 0.399 e. The van der Waals surface area contributed by atoms with Gasteiger partial charge in [0, 0.05) is 17.8 Å². The van der Waals surface area contributed by atoms with Gasteiger partial charge in [-0.05, 0) is 43.7 Å². The third kappa shape index (κ3) is 1.95. The van der Waals surface area contributed by atoms with Crippen LogP contribution >= 0.6 is 11.6 Å². The number of fused-ring (bicyclic) bond motifs is 1. The van der Waals surface area contributed by atoms with Gasteiger partial charge in [0.2, 0.25) is 0 Å². The molecule has 0 atom stereocenters. The fraction of sp³-hybridized carbons (Fsp3) is 0.188. The second kappa shape index (κ2) is 4.84. The molecule has 4 heteroatoms. The smallest absolute Gasteiger partial charge is 0.141 e. The van der Waals surface area contributed by atoms with Crippen LogP contribution in [0.15, 0.2) is 36.4 Å². The summed E-state index contributed by atoms with van der Waals surface area (Å²) in [4.78, 5) is 4.74. The van der Waals surface area contributed by atoms with E-state index in [0.29, 0.717) is 0 Å². The maximum atomic E-state index is 6.33. The van der Waals surface area contributed by atoms with Gasteiger partial charge in [0.25, 0.3) is 0 Å². The van der Waals surface area contributed by atoms with Gasteiger partial charge in [0.1, 0.15) is 5.82 Å². The number of nitrogen functional groups attached to an aromatic ring is 1. The summed E-state index contributed by atoms with van der Waals surface area (Å²) in [5.41, 5.74) is 10.8. The molecule has 0 bridgehead atoms. The van der Waals surface area contributed by atoms with Gasteiger partial charge >= 0.3 is 0 Å². The standard InChI is InChI=1S/C16H16ClN3/c1-3-20-15-13(17)5-4-6-14(15)19-16(20)12-9-11(18)8-7-10(12)2/h4-9H,3,18H2,1-2H3. The quantitative estimate of drug-likeness (QED) is 0.715. The number of hydrogen-bond acceptors (Lipinski definition) is 2. The highest BCUT2D eigenvalue weighted by Crippen LogP contribution is 2.31. The summed E-state index contributed by atoms with van der Waals surface area (Å²) in [6.45, 7) is 4.97. The molecule has 1 aromatic heterocycles. The van der Waals surface area contributed by atoms with Crippen LogP contribution in [0, 0.1) is 6.92 Å². The molecule has 0 aliphatic rings. The van der Waals surface area contributed by atoms with Crippen LogP contribution < -0.4 is 5.73 Å². The van der Waals surface area contributed by atoms with E-state index in [4.69, 9.17) is 22.3 Å². The fourth-order valence-electron chi connectivity index (χ4n) is 2.54. The van der Waals surface area contributed by atoms with Gasteiger partial charge in [-0.3, -0.25) is 0 Å². The van der Waals surface area contributed by atoms with Crippen molar-refractivity contribution in [2.75, 3.05) is 5.73 Å². The fourth-order valence-corrected chi connectivity index (χ4v) is 2.81. The van der Waals surface area contributed by atoms with Crippen LogP contribution in [-0.2, 0) is 6.54 Å². The Morgan fingerprint density at radius 2 is 2.05 bits per heavy atom. The lowest BCUT2D eigenvalue weighted by Crippen LogP contribution is -2.00. The topological polar surface area (TPSA) is 43.8 Å². The molecule has 2 N–H and O–H groups in total. The van der Waals surface area contributed by atoms with E-state index in [1.807, 2.05) is 36.4 Å². The molecular weight excluding hydrogens is 270 g/mol. The van der Waals surface area contributed by atoms with E-state index < -0.39 is 0 Å². The number of anilines is 1. The molecule has 3 nitrogen and oxygen atoms in total. The number of halogens is 1. The molecule has 2 aromatic carbocycles. The van der Waals surface area contributed by atoms with Crippen molar-refractivity contribution in [1.29, 1.82) is 0 Å². The van der Waals surface area contributed by atoms with Crippen LogP contribution in [0.5, 0.6) is 0 Å². The van der Waals surface area contributed by atoms with Crippen molar-refractivity contribution in [3.05, 3.63) is 47.0 Å². The highest BCUT2D eigenvalue weighted by Gasteiger charge is 2.15. The van der Waals surface area contributed by atoms with E-state index in [1.165, 1.54) is 0 Å². The normalized spacial score (nSPS) is 11.2. The number of aryl methyl sites for hydroxylation is 2. The minimum Gasteiger partial charge on any atom is -0.399 e. The number of hydrogen-bond donors (Lipinski definition) is 1. The van der Waals surface area contributed by atoms with E-state index >= 15 is 0 Å². The van der Waals surface area contributed by atoms with Crippen molar-refractivity contribution in [3.8, 4) is 11.4 Å². The van der Waals surface area contributed by atoms with Crippen LogP contribution in [-0.4, -0.2) is 9.55 Å². The van der Waals surface area contributed by atoms with E-state index in [0.717, 1.165) is 45.2 Å². The van der Waals surface area contributed by atoms with Crippen LogP contribution in [0.25, 0.3) is 22.4 Å². The van der Waals surface area contributed by atoms with Crippen molar-refractivity contribution in [3.63, 3.8) is 0 Å². The summed E-state index contributed by atoms with van der Waals surface area (Å²) in [6, 6.07) is 11.7. The van der Waals surface area contributed by atoms with Gasteiger partial charge in [-0.25, -0.2) is 4.98 Å². The molecule has 0 radical (unpaired) electrons. The Bertz CT molecular complexity index is 790. The van der Waals surface area contributed by atoms with Gasteiger partial charge < -0.3 is 10.3 Å². The highest BCUT2D eigenvalue weighted by molar-refractivity contribution is 6.35.